The molecule has 4 amide bonds. The van der Waals surface area contributed by atoms with Gasteiger partial charge in [-0.1, -0.05) is 35.3 Å². The zero-order chi connectivity index (χ0) is 27.6. The van der Waals surface area contributed by atoms with Crippen molar-refractivity contribution in [3.05, 3.63) is 90.9 Å². The fourth-order valence-electron chi connectivity index (χ4n) is 4.00. The highest BCUT2D eigenvalue weighted by atomic mass is 79.9. The highest BCUT2D eigenvalue weighted by Crippen LogP contribution is 2.39. The first kappa shape index (κ1) is 27.7. The lowest BCUT2D eigenvalue weighted by Gasteiger charge is -2.27. The molecule has 0 unspecified atom stereocenters. The largest absolute Gasteiger partial charge is 0.490 e. The van der Waals surface area contributed by atoms with Crippen molar-refractivity contribution in [1.29, 1.82) is 0 Å². The molecule has 1 aliphatic heterocycles. The van der Waals surface area contributed by atoms with Crippen LogP contribution in [0.4, 0.5) is 10.5 Å². The van der Waals surface area contributed by atoms with E-state index in [1.54, 1.807) is 42.5 Å². The van der Waals surface area contributed by atoms with Gasteiger partial charge < -0.3 is 9.47 Å². The van der Waals surface area contributed by atoms with Crippen molar-refractivity contribution >= 4 is 68.7 Å². The molecule has 0 aromatic heterocycles. The van der Waals surface area contributed by atoms with Crippen molar-refractivity contribution in [2.24, 2.45) is 0 Å². The number of nitrogens with zero attached hydrogens (tertiary/aromatic N) is 1. The number of ether oxygens (including phenoxy) is 2. The molecule has 1 N–H and O–H groups in total. The molecule has 1 fully saturated rings. The van der Waals surface area contributed by atoms with Crippen LogP contribution in [0.25, 0.3) is 6.08 Å². The Hall–Kier alpha value is -3.33. The quantitative estimate of drug-likeness (QED) is 0.228. The molecule has 0 spiro atoms. The zero-order valence-corrected chi connectivity index (χ0v) is 23.8. The van der Waals surface area contributed by atoms with E-state index < -0.39 is 17.8 Å². The number of aryl methyl sites for hydroxylation is 2. The van der Waals surface area contributed by atoms with E-state index >= 15 is 0 Å². The van der Waals surface area contributed by atoms with Crippen LogP contribution in [0.1, 0.15) is 29.2 Å². The average Bonchev–Trinajstić information content (AvgIpc) is 2.82. The second-order valence-electron chi connectivity index (χ2n) is 8.59. The maximum Gasteiger partial charge on any atom is 0.335 e. The van der Waals surface area contributed by atoms with E-state index in [-0.39, 0.29) is 12.2 Å². The summed E-state index contributed by atoms with van der Waals surface area (Å²) in [7, 11) is 0. The standard InChI is InChI=1S/C28H23BrCl2N2O5/c1-4-37-24-12-17(11-22(29)25(24)38-14-18-5-6-19(30)13-23(18)31)10-21-26(34)32-28(36)33(27(21)35)20-8-15(2)7-16(3)9-20/h5-13H,4,14H2,1-3H3,(H,32,34,36)/b21-10+. The van der Waals surface area contributed by atoms with Gasteiger partial charge in [0.25, 0.3) is 11.8 Å². The minimum Gasteiger partial charge on any atom is -0.490 e. The number of urea groups is 1. The molecule has 3 aromatic rings. The number of anilines is 1. The Labute approximate surface area is 238 Å². The molecular weight excluding hydrogens is 595 g/mol. The van der Waals surface area contributed by atoms with Crippen LogP contribution >= 0.6 is 39.1 Å². The SMILES string of the molecule is CCOc1cc(/C=C2\C(=O)NC(=O)N(c3cc(C)cc(C)c3)C2=O)cc(Br)c1OCc1ccc(Cl)cc1Cl. The van der Waals surface area contributed by atoms with Gasteiger partial charge in [-0.05, 0) is 95.9 Å². The van der Waals surface area contributed by atoms with Crippen LogP contribution in [0.2, 0.25) is 10.0 Å². The number of carbonyl (C=O) groups is 3. The second kappa shape index (κ2) is 11.6. The molecule has 4 rings (SSSR count). The number of hydrogen-bond donors (Lipinski definition) is 1. The third kappa shape index (κ3) is 6.04. The maximum atomic E-state index is 13.3. The van der Waals surface area contributed by atoms with E-state index in [1.165, 1.54) is 6.08 Å². The van der Waals surface area contributed by atoms with Gasteiger partial charge in [-0.25, -0.2) is 9.69 Å². The van der Waals surface area contributed by atoms with Crippen LogP contribution < -0.4 is 19.7 Å². The van der Waals surface area contributed by atoms with E-state index in [1.807, 2.05) is 26.8 Å². The summed E-state index contributed by atoms with van der Waals surface area (Å²) in [5.74, 6) is -0.695. The minimum atomic E-state index is -0.803. The fourth-order valence-corrected chi connectivity index (χ4v) is 5.04. The van der Waals surface area contributed by atoms with Crippen LogP contribution in [0.5, 0.6) is 11.5 Å². The molecule has 3 aromatic carbocycles. The summed E-state index contributed by atoms with van der Waals surface area (Å²) in [6, 6.07) is 13.0. The van der Waals surface area contributed by atoms with Gasteiger partial charge in [-0.2, -0.15) is 0 Å². The number of imide groups is 2. The van der Waals surface area contributed by atoms with Crippen molar-refractivity contribution in [2.45, 2.75) is 27.4 Å². The van der Waals surface area contributed by atoms with Crippen molar-refractivity contribution in [2.75, 3.05) is 11.5 Å². The molecular formula is C28H23BrCl2N2O5. The van der Waals surface area contributed by atoms with Gasteiger partial charge in [-0.15, -0.1) is 0 Å². The van der Waals surface area contributed by atoms with Gasteiger partial charge in [0.15, 0.2) is 11.5 Å². The summed E-state index contributed by atoms with van der Waals surface area (Å²) in [4.78, 5) is 39.6. The van der Waals surface area contributed by atoms with E-state index in [9.17, 15) is 14.4 Å². The summed E-state index contributed by atoms with van der Waals surface area (Å²) in [5.41, 5.74) is 3.17. The van der Waals surface area contributed by atoms with Crippen LogP contribution in [-0.4, -0.2) is 24.5 Å². The van der Waals surface area contributed by atoms with Crippen molar-refractivity contribution < 1.29 is 23.9 Å². The number of carbonyl (C=O) groups excluding carboxylic acids is 3. The van der Waals surface area contributed by atoms with E-state index in [0.29, 0.717) is 43.9 Å². The number of nitrogens with one attached hydrogen (secondary N) is 1. The molecule has 10 heteroatoms. The van der Waals surface area contributed by atoms with Crippen molar-refractivity contribution in [3.63, 3.8) is 0 Å². The van der Waals surface area contributed by atoms with E-state index in [4.69, 9.17) is 32.7 Å². The average molecular weight is 618 g/mol. The fraction of sp³-hybridized carbons (Fsp3) is 0.179. The normalized spacial score (nSPS) is 14.6. The molecule has 0 atom stereocenters. The molecule has 38 heavy (non-hydrogen) atoms. The van der Waals surface area contributed by atoms with Crippen LogP contribution in [0.15, 0.2) is 58.6 Å². The molecule has 0 aliphatic carbocycles. The first-order chi connectivity index (χ1) is 18.1. The topological polar surface area (TPSA) is 84.9 Å². The van der Waals surface area contributed by atoms with E-state index in [2.05, 4.69) is 21.2 Å². The van der Waals surface area contributed by atoms with Gasteiger partial charge in [-0.3, -0.25) is 14.9 Å². The predicted molar refractivity (Wildman–Crippen MR) is 151 cm³/mol. The third-order valence-corrected chi connectivity index (χ3v) is 6.77. The maximum absolute atomic E-state index is 13.3. The highest BCUT2D eigenvalue weighted by molar-refractivity contribution is 9.10. The highest BCUT2D eigenvalue weighted by Gasteiger charge is 2.37. The monoisotopic (exact) mass is 616 g/mol. The van der Waals surface area contributed by atoms with Gasteiger partial charge in [0, 0.05) is 15.6 Å². The van der Waals surface area contributed by atoms with Gasteiger partial charge in [0.2, 0.25) is 0 Å². The minimum absolute atomic E-state index is 0.156. The lowest BCUT2D eigenvalue weighted by Crippen LogP contribution is -2.54. The number of rotatable bonds is 7. The summed E-state index contributed by atoms with van der Waals surface area (Å²) in [6.07, 6.45) is 1.41. The Bertz CT molecular complexity index is 1470. The molecule has 7 nitrogen and oxygen atoms in total. The van der Waals surface area contributed by atoms with Gasteiger partial charge in [0.1, 0.15) is 12.2 Å². The molecule has 0 bridgehead atoms. The zero-order valence-electron chi connectivity index (χ0n) is 20.7. The molecule has 1 aliphatic rings. The van der Waals surface area contributed by atoms with Crippen molar-refractivity contribution in [1.82, 2.24) is 5.32 Å². The Balaban J connectivity index is 1.67. The lowest BCUT2D eigenvalue weighted by atomic mass is 10.0. The summed E-state index contributed by atoms with van der Waals surface area (Å²) in [5, 5.41) is 3.24. The Morgan fingerprint density at radius 2 is 1.68 bits per heavy atom. The van der Waals surface area contributed by atoms with Crippen LogP contribution in [-0.2, 0) is 16.2 Å². The first-order valence-electron chi connectivity index (χ1n) is 11.6. The number of barbiturate groups is 1. The Morgan fingerprint density at radius 1 is 0.974 bits per heavy atom. The van der Waals surface area contributed by atoms with Gasteiger partial charge >= 0.3 is 6.03 Å². The summed E-state index contributed by atoms with van der Waals surface area (Å²) < 4.78 is 12.3. The number of hydrogen-bond acceptors (Lipinski definition) is 5. The smallest absolute Gasteiger partial charge is 0.335 e. The number of halogens is 3. The molecule has 0 saturated carbocycles. The molecule has 1 saturated heterocycles. The first-order valence-corrected chi connectivity index (χ1v) is 13.1. The van der Waals surface area contributed by atoms with Crippen LogP contribution in [0, 0.1) is 13.8 Å². The van der Waals surface area contributed by atoms with Crippen molar-refractivity contribution in [3.8, 4) is 11.5 Å². The predicted octanol–water partition coefficient (Wildman–Crippen LogP) is 7.02. The summed E-state index contributed by atoms with van der Waals surface area (Å²) >= 11 is 15.7. The number of amides is 4. The lowest BCUT2D eigenvalue weighted by molar-refractivity contribution is -0.122. The van der Waals surface area contributed by atoms with E-state index in [0.717, 1.165) is 21.6 Å². The number of benzene rings is 3. The summed E-state index contributed by atoms with van der Waals surface area (Å²) in [6.45, 7) is 6.05. The third-order valence-electron chi connectivity index (χ3n) is 5.60. The van der Waals surface area contributed by atoms with Crippen LogP contribution in [0.3, 0.4) is 0 Å². The Kier molecular flexibility index (Phi) is 8.45. The van der Waals surface area contributed by atoms with Gasteiger partial charge in [0.05, 0.1) is 16.8 Å². The molecule has 1 heterocycles. The Morgan fingerprint density at radius 3 is 2.34 bits per heavy atom. The second-order valence-corrected chi connectivity index (χ2v) is 10.3. The molecule has 196 valence electrons. The molecule has 0 radical (unpaired) electrons.